The molecule has 0 saturated carbocycles. The monoisotopic (exact) mass is 278 g/mol. The molecule has 0 fully saturated rings. The highest BCUT2D eigenvalue weighted by Gasteiger charge is 2.04. The average Bonchev–Trinajstić information content (AvgIpc) is 2.41. The van der Waals surface area contributed by atoms with Gasteiger partial charge in [-0.2, -0.15) is 0 Å². The third-order valence-electron chi connectivity index (χ3n) is 3.26. The number of unbranched alkanes of at least 4 members (excludes halogenated alkanes) is 3. The van der Waals surface area contributed by atoms with E-state index in [0.29, 0.717) is 24.4 Å². The topological polar surface area (TPSA) is 78.3 Å². The molecule has 0 amide bonds. The first-order valence-electron chi connectivity index (χ1n) is 7.43. The van der Waals surface area contributed by atoms with Crippen molar-refractivity contribution in [2.45, 2.75) is 51.9 Å². The van der Waals surface area contributed by atoms with Crippen molar-refractivity contribution in [1.29, 1.82) is 0 Å². The summed E-state index contributed by atoms with van der Waals surface area (Å²) in [4.78, 5) is 11.5. The van der Waals surface area contributed by atoms with Gasteiger partial charge in [-0.1, -0.05) is 32.3 Å². The van der Waals surface area contributed by atoms with Crippen LogP contribution >= 0.6 is 0 Å². The first-order valence-corrected chi connectivity index (χ1v) is 7.43. The van der Waals surface area contributed by atoms with Crippen LogP contribution in [-0.2, 0) is 16.0 Å². The number of nitrogens with two attached hydrogens (primary N) is 2. The first-order chi connectivity index (χ1) is 9.63. The van der Waals surface area contributed by atoms with E-state index in [4.69, 9.17) is 16.2 Å². The number of nitrogen functional groups attached to an aromatic ring is 2. The van der Waals surface area contributed by atoms with Crippen molar-refractivity contribution in [2.75, 3.05) is 18.1 Å². The Balaban J connectivity index is 2.13. The molecule has 0 radical (unpaired) electrons. The molecular weight excluding hydrogens is 252 g/mol. The lowest BCUT2D eigenvalue weighted by molar-refractivity contribution is -0.143. The van der Waals surface area contributed by atoms with E-state index in [0.717, 1.165) is 31.2 Å². The number of esters is 1. The lowest BCUT2D eigenvalue weighted by Gasteiger charge is -2.07. The zero-order chi connectivity index (χ0) is 14.8. The highest BCUT2D eigenvalue weighted by atomic mass is 16.5. The zero-order valence-electron chi connectivity index (χ0n) is 12.4. The van der Waals surface area contributed by atoms with Crippen LogP contribution in [0.1, 0.15) is 51.0 Å². The van der Waals surface area contributed by atoms with Crippen molar-refractivity contribution in [3.05, 3.63) is 23.8 Å². The van der Waals surface area contributed by atoms with Crippen molar-refractivity contribution >= 4 is 17.3 Å². The summed E-state index contributed by atoms with van der Waals surface area (Å²) in [5.74, 6) is -0.0913. The van der Waals surface area contributed by atoms with Gasteiger partial charge in [0.15, 0.2) is 0 Å². The van der Waals surface area contributed by atoms with Crippen LogP contribution in [0, 0.1) is 0 Å². The number of hydrogen-bond donors (Lipinski definition) is 2. The van der Waals surface area contributed by atoms with Crippen LogP contribution in [0.3, 0.4) is 0 Å². The quantitative estimate of drug-likeness (QED) is 0.413. The smallest absolute Gasteiger partial charge is 0.305 e. The molecule has 0 aromatic heterocycles. The van der Waals surface area contributed by atoms with Crippen molar-refractivity contribution in [1.82, 2.24) is 0 Å². The number of carbonyl (C=O) groups excluding carboxylic acids is 1. The van der Waals surface area contributed by atoms with E-state index in [1.165, 1.54) is 12.8 Å². The van der Waals surface area contributed by atoms with E-state index in [1.807, 2.05) is 12.1 Å². The molecule has 4 heteroatoms. The molecular formula is C16H26N2O2. The van der Waals surface area contributed by atoms with Crippen molar-refractivity contribution in [2.24, 2.45) is 0 Å². The van der Waals surface area contributed by atoms with E-state index in [1.54, 1.807) is 6.07 Å². The second-order valence-electron chi connectivity index (χ2n) is 5.09. The second kappa shape index (κ2) is 9.23. The standard InChI is InChI=1S/C16H26N2O2/c1-2-3-4-5-8-16(19)20-11-6-7-13-9-10-14(17)12-15(13)18/h9-10,12H,2-8,11,17-18H2,1H3. The largest absolute Gasteiger partial charge is 0.466 e. The van der Waals surface area contributed by atoms with Gasteiger partial charge in [0.05, 0.1) is 6.61 Å². The Bertz CT molecular complexity index is 419. The molecule has 0 saturated heterocycles. The third kappa shape index (κ3) is 6.45. The zero-order valence-corrected chi connectivity index (χ0v) is 12.4. The Hall–Kier alpha value is -1.71. The van der Waals surface area contributed by atoms with E-state index >= 15 is 0 Å². The summed E-state index contributed by atoms with van der Waals surface area (Å²) in [5.41, 5.74) is 13.9. The molecule has 1 aromatic rings. The van der Waals surface area contributed by atoms with Crippen molar-refractivity contribution in [3.63, 3.8) is 0 Å². The van der Waals surface area contributed by atoms with E-state index in [-0.39, 0.29) is 5.97 Å². The molecule has 0 heterocycles. The highest BCUT2D eigenvalue weighted by Crippen LogP contribution is 2.17. The molecule has 4 N–H and O–H groups in total. The van der Waals surface area contributed by atoms with Crippen molar-refractivity contribution in [3.8, 4) is 0 Å². The van der Waals surface area contributed by atoms with Gasteiger partial charge in [-0.25, -0.2) is 0 Å². The van der Waals surface area contributed by atoms with Gasteiger partial charge in [-0.3, -0.25) is 4.79 Å². The van der Waals surface area contributed by atoms with Crippen LogP contribution in [0.5, 0.6) is 0 Å². The summed E-state index contributed by atoms with van der Waals surface area (Å²) in [6.07, 6.45) is 6.51. The minimum atomic E-state index is -0.0913. The van der Waals surface area contributed by atoms with Crippen molar-refractivity contribution < 1.29 is 9.53 Å². The third-order valence-corrected chi connectivity index (χ3v) is 3.26. The molecule has 1 rings (SSSR count). The summed E-state index contributed by atoms with van der Waals surface area (Å²) in [6.45, 7) is 2.61. The summed E-state index contributed by atoms with van der Waals surface area (Å²) < 4.78 is 5.20. The SMILES string of the molecule is CCCCCCC(=O)OCCCc1ccc(N)cc1N. The summed E-state index contributed by atoms with van der Waals surface area (Å²) >= 11 is 0. The maximum atomic E-state index is 11.5. The molecule has 0 aliphatic rings. The fraction of sp³-hybridized carbons (Fsp3) is 0.562. The molecule has 1 aromatic carbocycles. The van der Waals surface area contributed by atoms with Crippen LogP contribution in [0.25, 0.3) is 0 Å². The molecule has 0 unspecified atom stereocenters. The Kier molecular flexibility index (Phi) is 7.55. The molecule has 0 atom stereocenters. The van der Waals surface area contributed by atoms with Gasteiger partial charge in [0.25, 0.3) is 0 Å². The predicted octanol–water partition coefficient (Wildman–Crippen LogP) is 3.30. The normalized spacial score (nSPS) is 10.4. The van der Waals surface area contributed by atoms with Gasteiger partial charge in [-0.15, -0.1) is 0 Å². The second-order valence-corrected chi connectivity index (χ2v) is 5.09. The Labute approximate surface area is 121 Å². The molecule has 4 nitrogen and oxygen atoms in total. The molecule has 0 aliphatic heterocycles. The van der Waals surface area contributed by atoms with Crippen LogP contribution in [0.2, 0.25) is 0 Å². The summed E-state index contributed by atoms with van der Waals surface area (Å²) in [7, 11) is 0. The molecule has 0 aliphatic carbocycles. The highest BCUT2D eigenvalue weighted by molar-refractivity contribution is 5.69. The average molecular weight is 278 g/mol. The van der Waals surface area contributed by atoms with Crippen LogP contribution in [0.15, 0.2) is 18.2 Å². The predicted molar refractivity (Wildman–Crippen MR) is 83.3 cm³/mol. The number of carbonyl (C=O) groups is 1. The van der Waals surface area contributed by atoms with Crippen LogP contribution in [0.4, 0.5) is 11.4 Å². The van der Waals surface area contributed by atoms with Crippen LogP contribution in [-0.4, -0.2) is 12.6 Å². The number of aryl methyl sites for hydroxylation is 1. The summed E-state index contributed by atoms with van der Waals surface area (Å²) in [6, 6.07) is 5.53. The number of benzene rings is 1. The van der Waals surface area contributed by atoms with Gasteiger partial charge < -0.3 is 16.2 Å². The Morgan fingerprint density at radius 3 is 2.65 bits per heavy atom. The molecule has 0 bridgehead atoms. The Morgan fingerprint density at radius 2 is 1.95 bits per heavy atom. The number of ether oxygens (including phenoxy) is 1. The fourth-order valence-corrected chi connectivity index (χ4v) is 2.06. The molecule has 112 valence electrons. The summed E-state index contributed by atoms with van der Waals surface area (Å²) in [5, 5.41) is 0. The minimum absolute atomic E-state index is 0.0913. The van der Waals surface area contributed by atoms with Gasteiger partial charge in [0, 0.05) is 17.8 Å². The molecule has 20 heavy (non-hydrogen) atoms. The van der Waals surface area contributed by atoms with E-state index in [2.05, 4.69) is 6.92 Å². The molecule has 0 spiro atoms. The van der Waals surface area contributed by atoms with E-state index in [9.17, 15) is 4.79 Å². The maximum absolute atomic E-state index is 11.5. The number of hydrogen-bond acceptors (Lipinski definition) is 4. The fourth-order valence-electron chi connectivity index (χ4n) is 2.06. The Morgan fingerprint density at radius 1 is 1.15 bits per heavy atom. The first kappa shape index (κ1) is 16.3. The van der Waals surface area contributed by atoms with Crippen LogP contribution < -0.4 is 11.5 Å². The maximum Gasteiger partial charge on any atom is 0.305 e. The van der Waals surface area contributed by atoms with E-state index < -0.39 is 0 Å². The van der Waals surface area contributed by atoms with Gasteiger partial charge >= 0.3 is 5.97 Å². The minimum Gasteiger partial charge on any atom is -0.466 e. The lowest BCUT2D eigenvalue weighted by atomic mass is 10.1. The van der Waals surface area contributed by atoms with Gasteiger partial charge in [0.2, 0.25) is 0 Å². The van der Waals surface area contributed by atoms with Gasteiger partial charge in [-0.05, 0) is 37.0 Å². The number of rotatable bonds is 9. The number of anilines is 2. The lowest BCUT2D eigenvalue weighted by Crippen LogP contribution is -2.07. The van der Waals surface area contributed by atoms with Gasteiger partial charge in [0.1, 0.15) is 0 Å².